The monoisotopic (exact) mass is 764 g/mol. The predicted molar refractivity (Wildman–Crippen MR) is 207 cm³/mol. The zero-order valence-electron chi connectivity index (χ0n) is 31.7. The summed E-state index contributed by atoms with van der Waals surface area (Å²) in [5, 5.41) is 7.99. The van der Waals surface area contributed by atoms with E-state index < -0.39 is 11.7 Å². The number of benzene rings is 3. The molecule has 4 aliphatic rings. The SMILES string of the molecule is O=C(CN1CCC(C2(C3CCN(C(=O)OCc4ccccc4)CC3)COC2)CC1)N1CCN(C(=O)c2cc(Cc3n[nH]c(=O)c4ccccc34)ccc2F)CC1. The predicted octanol–water partition coefficient (Wildman–Crippen LogP) is 4.71. The molecule has 0 spiro atoms. The first-order chi connectivity index (χ1) is 27.3. The fraction of sp³-hybridized carbons (Fsp3) is 0.465. The Morgan fingerprint density at radius 2 is 1.41 bits per heavy atom. The number of aromatic nitrogens is 2. The summed E-state index contributed by atoms with van der Waals surface area (Å²) < 4.78 is 26.5. The van der Waals surface area contributed by atoms with Crippen LogP contribution in [0.25, 0.3) is 10.8 Å². The Hall–Kier alpha value is -5.14. The van der Waals surface area contributed by atoms with Crippen LogP contribution in [0.5, 0.6) is 0 Å². The molecular formula is C43H49FN6O6. The number of H-pyrrole nitrogens is 1. The standard InChI is InChI=1S/C43H49FN6O6/c44-37-11-10-31(25-38-34-8-4-5-9-35(34)40(52)46-45-38)24-36(37)41(53)49-22-20-48(21-23-49)39(51)26-47-16-12-32(13-17-47)43(28-55-29-43)33-14-18-50(19-15-33)42(54)56-27-30-6-2-1-3-7-30/h1-11,24,32-33H,12-23,25-29H2,(H,46,52). The number of hydrogen-bond acceptors (Lipinski definition) is 8. The molecule has 4 aromatic rings. The van der Waals surface area contributed by atoms with E-state index in [9.17, 15) is 19.2 Å². The van der Waals surface area contributed by atoms with Crippen LogP contribution >= 0.6 is 0 Å². The van der Waals surface area contributed by atoms with Gasteiger partial charge in [0.25, 0.3) is 11.5 Å². The first kappa shape index (κ1) is 37.8. The quantitative estimate of drug-likeness (QED) is 0.260. The highest BCUT2D eigenvalue weighted by Crippen LogP contribution is 2.50. The van der Waals surface area contributed by atoms with Gasteiger partial charge in [0.05, 0.1) is 36.4 Å². The van der Waals surface area contributed by atoms with Crippen molar-refractivity contribution >= 4 is 28.7 Å². The van der Waals surface area contributed by atoms with E-state index in [1.54, 1.807) is 29.2 Å². The summed E-state index contributed by atoms with van der Waals surface area (Å²) in [4.78, 5) is 59.5. The van der Waals surface area contributed by atoms with E-state index in [1.807, 2.05) is 52.3 Å². The second-order valence-corrected chi connectivity index (χ2v) is 15.8. The zero-order chi connectivity index (χ0) is 38.6. The highest BCUT2D eigenvalue weighted by Gasteiger charge is 2.52. The maximum absolute atomic E-state index is 15.0. The number of hydrogen-bond donors (Lipinski definition) is 1. The molecule has 8 rings (SSSR count). The first-order valence-electron chi connectivity index (χ1n) is 19.8. The number of halogens is 1. The number of carbonyl (C=O) groups excluding carboxylic acids is 3. The molecule has 294 valence electrons. The number of rotatable bonds is 9. The number of nitrogens with zero attached hydrogens (tertiary/aromatic N) is 5. The van der Waals surface area contributed by atoms with Crippen LogP contribution in [0.15, 0.2) is 77.6 Å². The zero-order valence-corrected chi connectivity index (χ0v) is 31.7. The first-order valence-corrected chi connectivity index (χ1v) is 19.8. The highest BCUT2D eigenvalue weighted by molar-refractivity contribution is 5.95. The van der Waals surface area contributed by atoms with Crippen molar-refractivity contribution in [1.82, 2.24) is 29.8 Å². The van der Waals surface area contributed by atoms with Crippen LogP contribution in [0.1, 0.15) is 52.9 Å². The Morgan fingerprint density at radius 3 is 2.09 bits per heavy atom. The lowest BCUT2D eigenvalue weighted by Gasteiger charge is -2.55. The van der Waals surface area contributed by atoms with Crippen LogP contribution in [0.4, 0.5) is 9.18 Å². The Morgan fingerprint density at radius 1 is 0.768 bits per heavy atom. The maximum atomic E-state index is 15.0. The summed E-state index contributed by atoms with van der Waals surface area (Å²) >= 11 is 0. The molecule has 4 aliphatic heterocycles. The van der Waals surface area contributed by atoms with Gasteiger partial charge in [0.1, 0.15) is 12.4 Å². The molecule has 1 aromatic heterocycles. The summed E-state index contributed by atoms with van der Waals surface area (Å²) in [6.07, 6.45) is 3.98. The number of nitrogens with one attached hydrogen (secondary N) is 1. The van der Waals surface area contributed by atoms with Crippen molar-refractivity contribution in [2.24, 2.45) is 17.3 Å². The lowest BCUT2D eigenvalue weighted by molar-refractivity contribution is -0.194. The molecule has 0 unspecified atom stereocenters. The lowest BCUT2D eigenvalue weighted by atomic mass is 9.59. The summed E-state index contributed by atoms with van der Waals surface area (Å²) in [6.45, 7) is 6.69. The van der Waals surface area contributed by atoms with Gasteiger partial charge in [-0.3, -0.25) is 19.3 Å². The molecule has 0 saturated carbocycles. The third-order valence-corrected chi connectivity index (χ3v) is 12.6. The van der Waals surface area contributed by atoms with E-state index in [-0.39, 0.29) is 35.1 Å². The van der Waals surface area contributed by atoms with Gasteiger partial charge in [-0.1, -0.05) is 54.6 Å². The van der Waals surface area contributed by atoms with Crippen molar-refractivity contribution < 1.29 is 28.2 Å². The van der Waals surface area contributed by atoms with Crippen molar-refractivity contribution in [2.45, 2.75) is 38.7 Å². The fourth-order valence-corrected chi connectivity index (χ4v) is 9.22. The summed E-state index contributed by atoms with van der Waals surface area (Å²) in [5.41, 5.74) is 2.16. The van der Waals surface area contributed by atoms with Gasteiger partial charge in [0.15, 0.2) is 0 Å². The highest BCUT2D eigenvalue weighted by atomic mass is 19.1. The van der Waals surface area contributed by atoms with Crippen molar-refractivity contribution in [3.8, 4) is 0 Å². The number of likely N-dealkylation sites (tertiary alicyclic amines) is 2. The average molecular weight is 765 g/mol. The van der Waals surface area contributed by atoms with Gasteiger partial charge in [-0.25, -0.2) is 14.3 Å². The molecule has 0 atom stereocenters. The van der Waals surface area contributed by atoms with Crippen molar-refractivity contribution in [2.75, 3.05) is 72.1 Å². The topological polar surface area (TPSA) is 128 Å². The second-order valence-electron chi connectivity index (χ2n) is 15.8. The Kier molecular flexibility index (Phi) is 11.1. The normalized spacial score (nSPS) is 19.5. The average Bonchev–Trinajstić information content (AvgIpc) is 3.22. The van der Waals surface area contributed by atoms with Gasteiger partial charge < -0.3 is 24.2 Å². The van der Waals surface area contributed by atoms with E-state index >= 15 is 4.39 Å². The van der Waals surface area contributed by atoms with Crippen LogP contribution in [0.3, 0.4) is 0 Å². The van der Waals surface area contributed by atoms with Gasteiger partial charge in [-0.05, 0) is 79.9 Å². The molecule has 13 heteroatoms. The number of fused-ring (bicyclic) bond motifs is 1. The number of piperazine rings is 1. The molecule has 0 bridgehead atoms. The van der Waals surface area contributed by atoms with Crippen molar-refractivity contribution in [3.05, 3.63) is 111 Å². The van der Waals surface area contributed by atoms with Gasteiger partial charge in [-0.2, -0.15) is 5.10 Å². The van der Waals surface area contributed by atoms with Gasteiger partial charge in [-0.15, -0.1) is 0 Å². The number of amides is 3. The number of piperidine rings is 2. The minimum Gasteiger partial charge on any atom is -0.445 e. The number of ether oxygens (including phenoxy) is 2. The number of aromatic amines is 1. The summed E-state index contributed by atoms with van der Waals surface area (Å²) in [6, 6.07) is 21.4. The Balaban J connectivity index is 0.789. The van der Waals surface area contributed by atoms with Crippen LogP contribution in [0.2, 0.25) is 0 Å². The molecule has 56 heavy (non-hydrogen) atoms. The van der Waals surface area contributed by atoms with E-state index in [1.165, 1.54) is 6.07 Å². The molecule has 3 amide bonds. The van der Waals surface area contributed by atoms with Gasteiger partial charge >= 0.3 is 6.09 Å². The molecule has 0 radical (unpaired) electrons. The van der Waals surface area contributed by atoms with Crippen LogP contribution < -0.4 is 5.56 Å². The van der Waals surface area contributed by atoms with Crippen LogP contribution in [0, 0.1) is 23.1 Å². The molecular weight excluding hydrogens is 716 g/mol. The molecule has 3 aromatic carbocycles. The minimum atomic E-state index is -0.597. The van der Waals surface area contributed by atoms with Crippen molar-refractivity contribution in [3.63, 3.8) is 0 Å². The van der Waals surface area contributed by atoms with E-state index in [0.717, 1.165) is 57.6 Å². The summed E-state index contributed by atoms with van der Waals surface area (Å²) in [7, 11) is 0. The molecule has 0 aliphatic carbocycles. The lowest BCUT2D eigenvalue weighted by Crippen LogP contribution is -2.58. The molecule has 5 heterocycles. The Bertz CT molecular complexity index is 2100. The molecule has 12 nitrogen and oxygen atoms in total. The maximum Gasteiger partial charge on any atom is 0.410 e. The fourth-order valence-electron chi connectivity index (χ4n) is 9.22. The van der Waals surface area contributed by atoms with E-state index in [2.05, 4.69) is 15.1 Å². The van der Waals surface area contributed by atoms with E-state index in [4.69, 9.17) is 9.47 Å². The number of carbonyl (C=O) groups is 3. The van der Waals surface area contributed by atoms with Gasteiger partial charge in [0.2, 0.25) is 5.91 Å². The van der Waals surface area contributed by atoms with Crippen LogP contribution in [-0.4, -0.2) is 120 Å². The molecule has 4 saturated heterocycles. The largest absolute Gasteiger partial charge is 0.445 e. The van der Waals surface area contributed by atoms with Crippen LogP contribution in [-0.2, 0) is 27.3 Å². The third kappa shape index (κ3) is 7.92. The molecule has 4 fully saturated rings. The van der Waals surface area contributed by atoms with Crippen molar-refractivity contribution in [1.29, 1.82) is 0 Å². The summed E-state index contributed by atoms with van der Waals surface area (Å²) in [5.74, 6) is 0.0680. The van der Waals surface area contributed by atoms with E-state index in [0.29, 0.717) is 86.1 Å². The smallest absolute Gasteiger partial charge is 0.410 e. The molecule has 1 N–H and O–H groups in total. The van der Waals surface area contributed by atoms with Gasteiger partial charge in [0, 0.05) is 56.5 Å². The third-order valence-electron chi connectivity index (χ3n) is 12.6. The second kappa shape index (κ2) is 16.5. The minimum absolute atomic E-state index is 0.0135. The Labute approximate surface area is 325 Å².